The highest BCUT2D eigenvalue weighted by Crippen LogP contribution is 2.65. The lowest BCUT2D eigenvalue weighted by Crippen LogP contribution is -2.35. The smallest absolute Gasteiger partial charge is 0.224 e. The Morgan fingerprint density at radius 1 is 1.32 bits per heavy atom. The number of nitrogens with one attached hydrogen (secondary N) is 1. The highest BCUT2D eigenvalue weighted by molar-refractivity contribution is 5.91. The minimum Gasteiger partial charge on any atom is -0.326 e. The molecule has 3 atom stereocenters. The zero-order valence-electron chi connectivity index (χ0n) is 13.1. The van der Waals surface area contributed by atoms with Crippen LogP contribution in [0.25, 0.3) is 0 Å². The normalized spacial score (nSPS) is 33.2. The maximum Gasteiger partial charge on any atom is 0.224 e. The fraction of sp³-hybridized carbons (Fsp3) is 0.556. The summed E-state index contributed by atoms with van der Waals surface area (Å²) in [6, 6.07) is 5.76. The van der Waals surface area contributed by atoms with Gasteiger partial charge >= 0.3 is 0 Å². The Balaban J connectivity index is 1.62. The van der Waals surface area contributed by atoms with E-state index >= 15 is 0 Å². The molecule has 4 heteroatoms. The van der Waals surface area contributed by atoms with Crippen LogP contribution in [-0.4, -0.2) is 11.7 Å². The van der Waals surface area contributed by atoms with Crippen LogP contribution < -0.4 is 5.32 Å². The van der Waals surface area contributed by atoms with Gasteiger partial charge in [-0.1, -0.05) is 13.8 Å². The fourth-order valence-corrected chi connectivity index (χ4v) is 4.36. The molecular weight excluding hydrogens is 281 g/mol. The third kappa shape index (κ3) is 2.25. The molecule has 2 aliphatic rings. The van der Waals surface area contributed by atoms with Crippen LogP contribution >= 0.6 is 0 Å². The quantitative estimate of drug-likeness (QED) is 0.915. The lowest BCUT2D eigenvalue weighted by atomic mass is 9.66. The van der Waals surface area contributed by atoms with Gasteiger partial charge in [-0.15, -0.1) is 0 Å². The number of fused-ring (bicyclic) bond motifs is 2. The third-order valence-electron chi connectivity index (χ3n) is 6.20. The molecule has 2 bridgehead atoms. The number of carbonyl (C=O) groups excluding carboxylic acids is 2. The highest BCUT2D eigenvalue weighted by atomic mass is 19.1. The molecule has 2 unspecified atom stereocenters. The molecule has 0 heterocycles. The SMILES string of the molecule is CC1(CCC(=O)Nc2ccc(F)cc2)C2CC[C@@]1(C)C(=O)C2. The molecular formula is C18H22FNO2. The summed E-state index contributed by atoms with van der Waals surface area (Å²) in [5.74, 6) is 0.392. The second kappa shape index (κ2) is 5.18. The molecule has 0 saturated heterocycles. The average molecular weight is 303 g/mol. The molecule has 2 fully saturated rings. The highest BCUT2D eigenvalue weighted by Gasteiger charge is 2.63. The number of carbonyl (C=O) groups is 2. The van der Waals surface area contributed by atoms with Crippen LogP contribution in [0, 0.1) is 22.6 Å². The number of rotatable bonds is 4. The minimum atomic E-state index is -0.320. The van der Waals surface area contributed by atoms with Crippen LogP contribution in [0.5, 0.6) is 0 Å². The van der Waals surface area contributed by atoms with Gasteiger partial charge in [0.1, 0.15) is 11.6 Å². The molecule has 0 aliphatic heterocycles. The molecule has 1 N–H and O–H groups in total. The molecule has 1 amide bonds. The second-order valence-corrected chi connectivity index (χ2v) is 7.17. The van der Waals surface area contributed by atoms with E-state index < -0.39 is 0 Å². The van der Waals surface area contributed by atoms with Crippen molar-refractivity contribution < 1.29 is 14.0 Å². The summed E-state index contributed by atoms with van der Waals surface area (Å²) in [6.45, 7) is 4.24. The van der Waals surface area contributed by atoms with Crippen LogP contribution in [0.15, 0.2) is 24.3 Å². The predicted octanol–water partition coefficient (Wildman–Crippen LogP) is 3.94. The zero-order chi connectivity index (χ0) is 16.0. The minimum absolute atomic E-state index is 0.0653. The summed E-state index contributed by atoms with van der Waals surface area (Å²) in [4.78, 5) is 24.3. The Bertz CT molecular complexity index is 612. The standard InChI is InChI=1S/C18H22FNO2/c1-17(12-7-9-18(17,2)15(21)11-12)10-8-16(22)20-14-5-3-13(19)4-6-14/h3-6,12H,7-11H2,1-2H3,(H,20,22)/t12?,17?,18-/m0/s1. The van der Waals surface area contributed by atoms with Crippen LogP contribution in [0.1, 0.15) is 46.0 Å². The van der Waals surface area contributed by atoms with Crippen molar-refractivity contribution in [1.82, 2.24) is 0 Å². The molecule has 0 radical (unpaired) electrons. The first-order chi connectivity index (χ1) is 10.3. The molecule has 0 aromatic heterocycles. The number of amides is 1. The van der Waals surface area contributed by atoms with Crippen molar-refractivity contribution in [1.29, 1.82) is 0 Å². The van der Waals surface area contributed by atoms with E-state index in [1.54, 1.807) is 12.1 Å². The largest absolute Gasteiger partial charge is 0.326 e. The van der Waals surface area contributed by atoms with E-state index in [-0.39, 0.29) is 22.6 Å². The number of benzene rings is 1. The summed E-state index contributed by atoms with van der Waals surface area (Å²) >= 11 is 0. The van der Waals surface area contributed by atoms with Crippen LogP contribution in [0.3, 0.4) is 0 Å². The van der Waals surface area contributed by atoms with Crippen LogP contribution in [0.4, 0.5) is 10.1 Å². The van der Waals surface area contributed by atoms with Crippen molar-refractivity contribution in [3.05, 3.63) is 30.1 Å². The third-order valence-corrected chi connectivity index (χ3v) is 6.20. The van der Waals surface area contributed by atoms with Crippen molar-refractivity contribution in [3.8, 4) is 0 Å². The number of anilines is 1. The molecule has 2 aliphatic carbocycles. The summed E-state index contributed by atoms with van der Waals surface area (Å²) in [6.07, 6.45) is 3.84. The first-order valence-electron chi connectivity index (χ1n) is 7.94. The van der Waals surface area contributed by atoms with E-state index in [1.807, 2.05) is 0 Å². The fourth-order valence-electron chi connectivity index (χ4n) is 4.36. The summed E-state index contributed by atoms with van der Waals surface area (Å²) < 4.78 is 12.9. The molecule has 3 nitrogen and oxygen atoms in total. The molecule has 0 spiro atoms. The van der Waals surface area contributed by atoms with E-state index in [4.69, 9.17) is 0 Å². The van der Waals surface area contributed by atoms with E-state index in [9.17, 15) is 14.0 Å². The van der Waals surface area contributed by atoms with Gasteiger partial charge in [0.25, 0.3) is 0 Å². The Kier molecular flexibility index (Phi) is 3.58. The van der Waals surface area contributed by atoms with Gasteiger partial charge in [-0.2, -0.15) is 0 Å². The van der Waals surface area contributed by atoms with Gasteiger partial charge in [0, 0.05) is 23.9 Å². The van der Waals surface area contributed by atoms with E-state index in [2.05, 4.69) is 19.2 Å². The Morgan fingerprint density at radius 2 is 2.00 bits per heavy atom. The van der Waals surface area contributed by atoms with E-state index in [0.29, 0.717) is 30.2 Å². The van der Waals surface area contributed by atoms with Gasteiger partial charge in [-0.3, -0.25) is 9.59 Å². The first-order valence-corrected chi connectivity index (χ1v) is 7.94. The van der Waals surface area contributed by atoms with Crippen molar-refractivity contribution in [2.45, 2.75) is 46.0 Å². The van der Waals surface area contributed by atoms with Gasteiger partial charge in [0.2, 0.25) is 5.91 Å². The Hall–Kier alpha value is -1.71. The molecule has 2 saturated carbocycles. The van der Waals surface area contributed by atoms with Gasteiger partial charge in [0.05, 0.1) is 0 Å². The van der Waals surface area contributed by atoms with Gasteiger partial charge in [0.15, 0.2) is 0 Å². The zero-order valence-corrected chi connectivity index (χ0v) is 13.1. The van der Waals surface area contributed by atoms with E-state index in [1.165, 1.54) is 12.1 Å². The maximum absolute atomic E-state index is 12.9. The topological polar surface area (TPSA) is 46.2 Å². The number of halogens is 1. The van der Waals surface area contributed by atoms with Crippen LogP contribution in [-0.2, 0) is 9.59 Å². The first kappa shape index (κ1) is 15.2. The number of ketones is 1. The Morgan fingerprint density at radius 3 is 2.55 bits per heavy atom. The van der Waals surface area contributed by atoms with Crippen LogP contribution in [0.2, 0.25) is 0 Å². The van der Waals surface area contributed by atoms with Gasteiger partial charge < -0.3 is 5.32 Å². The van der Waals surface area contributed by atoms with Gasteiger partial charge in [-0.05, 0) is 54.9 Å². The lowest BCUT2D eigenvalue weighted by Gasteiger charge is -2.36. The predicted molar refractivity (Wildman–Crippen MR) is 82.8 cm³/mol. The second-order valence-electron chi connectivity index (χ2n) is 7.17. The molecule has 1 aromatic carbocycles. The van der Waals surface area contributed by atoms with Crippen molar-refractivity contribution >= 4 is 17.4 Å². The number of hydrogen-bond acceptors (Lipinski definition) is 2. The summed E-state index contributed by atoms with van der Waals surface area (Å²) in [7, 11) is 0. The summed E-state index contributed by atoms with van der Waals surface area (Å²) in [5.41, 5.74) is 0.283. The Labute approximate surface area is 130 Å². The van der Waals surface area contributed by atoms with Crippen molar-refractivity contribution in [2.24, 2.45) is 16.7 Å². The molecule has 1 aromatic rings. The maximum atomic E-state index is 12.9. The summed E-state index contributed by atoms with van der Waals surface area (Å²) in [5, 5.41) is 2.79. The lowest BCUT2D eigenvalue weighted by molar-refractivity contribution is -0.129. The van der Waals surface area contributed by atoms with Crippen molar-refractivity contribution in [2.75, 3.05) is 5.32 Å². The monoisotopic (exact) mass is 303 g/mol. The number of hydrogen-bond donors (Lipinski definition) is 1. The van der Waals surface area contributed by atoms with Gasteiger partial charge in [-0.25, -0.2) is 4.39 Å². The molecule has 118 valence electrons. The van der Waals surface area contributed by atoms with Crippen molar-refractivity contribution in [3.63, 3.8) is 0 Å². The molecule has 3 rings (SSSR count). The number of Topliss-reactive ketones (excluding diaryl/α,β-unsaturated/α-hetero) is 1. The van der Waals surface area contributed by atoms with E-state index in [0.717, 1.165) is 19.3 Å². The average Bonchev–Trinajstić information content (AvgIpc) is 2.83. The molecule has 22 heavy (non-hydrogen) atoms.